The highest BCUT2D eigenvalue weighted by Crippen LogP contribution is 2.32. The molecule has 0 saturated carbocycles. The predicted molar refractivity (Wildman–Crippen MR) is 104 cm³/mol. The van der Waals surface area contributed by atoms with Crippen molar-refractivity contribution in [1.29, 1.82) is 5.26 Å². The van der Waals surface area contributed by atoms with Crippen LogP contribution in [-0.4, -0.2) is 0 Å². The summed E-state index contributed by atoms with van der Waals surface area (Å²) in [4.78, 5) is 0. The van der Waals surface area contributed by atoms with Gasteiger partial charge in [0.15, 0.2) is 0 Å². The number of benzene rings is 4. The molecule has 2 heteroatoms. The molecule has 118 valence electrons. The average Bonchev–Trinajstić information content (AvgIpc) is 2.68. The molecule has 4 aromatic carbocycles. The van der Waals surface area contributed by atoms with Crippen molar-refractivity contribution in [3.63, 3.8) is 0 Å². The fourth-order valence-electron chi connectivity index (χ4n) is 3.09. The Morgan fingerprint density at radius 2 is 1.44 bits per heavy atom. The zero-order valence-electron chi connectivity index (χ0n) is 13.6. The molecule has 0 fully saturated rings. The van der Waals surface area contributed by atoms with E-state index in [0.717, 1.165) is 22.5 Å². The molecule has 2 nitrogen and oxygen atoms in total. The van der Waals surface area contributed by atoms with Gasteiger partial charge < -0.3 is 5.32 Å². The van der Waals surface area contributed by atoms with Gasteiger partial charge in [-0.05, 0) is 52.2 Å². The van der Waals surface area contributed by atoms with Gasteiger partial charge in [-0.15, -0.1) is 0 Å². The van der Waals surface area contributed by atoms with Crippen LogP contribution in [0.5, 0.6) is 0 Å². The SMILES string of the molecule is N#Cc1cc(Nc2ccccc2)cc(-c2cccc3ccccc23)c1. The second kappa shape index (κ2) is 6.51. The molecule has 0 unspecified atom stereocenters. The topological polar surface area (TPSA) is 35.8 Å². The zero-order valence-corrected chi connectivity index (χ0v) is 13.6. The van der Waals surface area contributed by atoms with Crippen molar-refractivity contribution in [2.45, 2.75) is 0 Å². The normalized spacial score (nSPS) is 10.4. The summed E-state index contributed by atoms with van der Waals surface area (Å²) in [6.07, 6.45) is 0. The van der Waals surface area contributed by atoms with Gasteiger partial charge in [0.1, 0.15) is 0 Å². The molecule has 0 bridgehead atoms. The van der Waals surface area contributed by atoms with Gasteiger partial charge in [0.05, 0.1) is 11.6 Å². The first kappa shape index (κ1) is 15.0. The summed E-state index contributed by atoms with van der Waals surface area (Å²) >= 11 is 0. The molecule has 0 radical (unpaired) electrons. The first-order valence-corrected chi connectivity index (χ1v) is 8.19. The maximum absolute atomic E-state index is 9.43. The number of hydrogen-bond acceptors (Lipinski definition) is 2. The van der Waals surface area contributed by atoms with Crippen LogP contribution < -0.4 is 5.32 Å². The summed E-state index contributed by atoms with van der Waals surface area (Å²) in [7, 11) is 0. The maximum atomic E-state index is 9.43. The van der Waals surface area contributed by atoms with Gasteiger partial charge in [0, 0.05) is 11.4 Å². The first-order valence-electron chi connectivity index (χ1n) is 8.19. The fraction of sp³-hybridized carbons (Fsp3) is 0. The van der Waals surface area contributed by atoms with Crippen LogP contribution in [0.4, 0.5) is 11.4 Å². The third-order valence-electron chi connectivity index (χ3n) is 4.23. The largest absolute Gasteiger partial charge is 0.355 e. The quantitative estimate of drug-likeness (QED) is 0.493. The van der Waals surface area contributed by atoms with E-state index in [4.69, 9.17) is 0 Å². The molecule has 0 atom stereocenters. The Labute approximate surface area is 147 Å². The van der Waals surface area contributed by atoms with Crippen molar-refractivity contribution in [3.8, 4) is 17.2 Å². The van der Waals surface area contributed by atoms with Gasteiger partial charge in [0.2, 0.25) is 0 Å². The Bertz CT molecular complexity index is 1070. The summed E-state index contributed by atoms with van der Waals surface area (Å²) in [6.45, 7) is 0. The molecule has 0 aliphatic rings. The van der Waals surface area contributed by atoms with Gasteiger partial charge in [-0.1, -0.05) is 60.7 Å². The maximum Gasteiger partial charge on any atom is 0.0992 e. The second-order valence-corrected chi connectivity index (χ2v) is 5.93. The summed E-state index contributed by atoms with van der Waals surface area (Å²) in [5.74, 6) is 0. The van der Waals surface area contributed by atoms with E-state index in [-0.39, 0.29) is 0 Å². The van der Waals surface area contributed by atoms with Crippen molar-refractivity contribution < 1.29 is 0 Å². The van der Waals surface area contributed by atoms with Crippen LogP contribution in [0.15, 0.2) is 91.0 Å². The van der Waals surface area contributed by atoms with Crippen molar-refractivity contribution >= 4 is 22.1 Å². The number of para-hydroxylation sites is 1. The first-order chi connectivity index (χ1) is 12.3. The van der Waals surface area contributed by atoms with Crippen molar-refractivity contribution in [3.05, 3.63) is 96.6 Å². The highest BCUT2D eigenvalue weighted by molar-refractivity contribution is 5.97. The number of hydrogen-bond donors (Lipinski definition) is 1. The van der Waals surface area contributed by atoms with Gasteiger partial charge in [0.25, 0.3) is 0 Å². The van der Waals surface area contributed by atoms with E-state index in [1.54, 1.807) is 0 Å². The number of rotatable bonds is 3. The van der Waals surface area contributed by atoms with Gasteiger partial charge in [-0.3, -0.25) is 0 Å². The number of nitriles is 1. The van der Waals surface area contributed by atoms with Gasteiger partial charge in [-0.2, -0.15) is 5.26 Å². The van der Waals surface area contributed by atoms with Crippen LogP contribution in [0, 0.1) is 11.3 Å². The molecule has 0 amide bonds. The van der Waals surface area contributed by atoms with Crippen LogP contribution in [0.3, 0.4) is 0 Å². The summed E-state index contributed by atoms with van der Waals surface area (Å²) in [5.41, 5.74) is 4.72. The molecule has 0 aliphatic heterocycles. The molecule has 0 heterocycles. The predicted octanol–water partition coefficient (Wildman–Crippen LogP) is 6.12. The Morgan fingerprint density at radius 3 is 2.28 bits per heavy atom. The van der Waals surface area contributed by atoms with Crippen molar-refractivity contribution in [2.24, 2.45) is 0 Å². The minimum atomic E-state index is 0.642. The highest BCUT2D eigenvalue weighted by Gasteiger charge is 2.07. The Kier molecular flexibility index (Phi) is 3.90. The molecule has 0 saturated heterocycles. The fourth-order valence-corrected chi connectivity index (χ4v) is 3.09. The van der Waals surface area contributed by atoms with E-state index >= 15 is 0 Å². The Hall–Kier alpha value is -3.57. The third-order valence-corrected chi connectivity index (χ3v) is 4.23. The number of nitrogens with one attached hydrogen (secondary N) is 1. The van der Waals surface area contributed by atoms with Crippen LogP contribution >= 0.6 is 0 Å². The molecule has 0 aromatic heterocycles. The minimum Gasteiger partial charge on any atom is -0.355 e. The molecular weight excluding hydrogens is 304 g/mol. The zero-order chi connectivity index (χ0) is 17.1. The smallest absolute Gasteiger partial charge is 0.0992 e. The Morgan fingerprint density at radius 1 is 0.680 bits per heavy atom. The lowest BCUT2D eigenvalue weighted by Gasteiger charge is -2.11. The lowest BCUT2D eigenvalue weighted by atomic mass is 9.96. The number of anilines is 2. The molecular formula is C23H16N2. The van der Waals surface area contributed by atoms with Crippen LogP contribution in [0.25, 0.3) is 21.9 Å². The van der Waals surface area contributed by atoms with Gasteiger partial charge in [-0.25, -0.2) is 0 Å². The van der Waals surface area contributed by atoms with Crippen LogP contribution in [-0.2, 0) is 0 Å². The molecule has 0 aliphatic carbocycles. The molecule has 1 N–H and O–H groups in total. The third kappa shape index (κ3) is 3.08. The van der Waals surface area contributed by atoms with Crippen molar-refractivity contribution in [1.82, 2.24) is 0 Å². The number of fused-ring (bicyclic) bond motifs is 1. The average molecular weight is 320 g/mol. The summed E-state index contributed by atoms with van der Waals surface area (Å²) in [6, 6.07) is 32.7. The summed E-state index contributed by atoms with van der Waals surface area (Å²) < 4.78 is 0. The van der Waals surface area contributed by atoms with Crippen LogP contribution in [0.2, 0.25) is 0 Å². The lowest BCUT2D eigenvalue weighted by Crippen LogP contribution is -1.92. The molecule has 4 aromatic rings. The molecule has 0 spiro atoms. The van der Waals surface area contributed by atoms with E-state index in [0.29, 0.717) is 5.56 Å². The Balaban J connectivity index is 1.84. The summed E-state index contributed by atoms with van der Waals surface area (Å²) in [5, 5.41) is 15.2. The highest BCUT2D eigenvalue weighted by atomic mass is 14.9. The van der Waals surface area contributed by atoms with Gasteiger partial charge >= 0.3 is 0 Å². The minimum absolute atomic E-state index is 0.642. The van der Waals surface area contributed by atoms with E-state index in [1.807, 2.05) is 54.6 Å². The van der Waals surface area contributed by atoms with Crippen molar-refractivity contribution in [2.75, 3.05) is 5.32 Å². The van der Waals surface area contributed by atoms with E-state index in [2.05, 4.69) is 47.8 Å². The lowest BCUT2D eigenvalue weighted by molar-refractivity contribution is 1.47. The molecule has 25 heavy (non-hydrogen) atoms. The van der Waals surface area contributed by atoms with E-state index < -0.39 is 0 Å². The number of nitrogens with zero attached hydrogens (tertiary/aromatic N) is 1. The van der Waals surface area contributed by atoms with E-state index in [1.165, 1.54) is 10.8 Å². The standard InChI is InChI=1S/C23H16N2/c24-16-17-13-19(15-21(14-17)25-20-9-2-1-3-10-20)23-12-6-8-18-7-4-5-11-22(18)23/h1-15,25H. The molecule has 4 rings (SSSR count). The van der Waals surface area contributed by atoms with Crippen LogP contribution in [0.1, 0.15) is 5.56 Å². The second-order valence-electron chi connectivity index (χ2n) is 5.93. The van der Waals surface area contributed by atoms with E-state index in [9.17, 15) is 5.26 Å². The monoisotopic (exact) mass is 320 g/mol.